The Morgan fingerprint density at radius 1 is 1.35 bits per heavy atom. The fourth-order valence-corrected chi connectivity index (χ4v) is 4.01. The number of fused-ring (bicyclic) bond motifs is 1. The summed E-state index contributed by atoms with van der Waals surface area (Å²) in [5.41, 5.74) is 1.66. The molecule has 1 amide bonds. The molecule has 2 aromatic carbocycles. The number of carbonyl (C=O) groups excluding carboxylic acids is 1. The number of anilines is 1. The number of hydrogen-bond acceptors (Lipinski definition) is 4. The lowest BCUT2D eigenvalue weighted by Crippen LogP contribution is -3.10. The number of halogens is 1. The van der Waals surface area contributed by atoms with Gasteiger partial charge in [0.15, 0.2) is 11.6 Å². The summed E-state index contributed by atoms with van der Waals surface area (Å²) in [5, 5.41) is 4.38. The van der Waals surface area contributed by atoms with Gasteiger partial charge in [-0.3, -0.25) is 4.79 Å². The zero-order valence-corrected chi connectivity index (χ0v) is 16.4. The van der Waals surface area contributed by atoms with Crippen LogP contribution in [0.5, 0.6) is 5.75 Å². The van der Waals surface area contributed by atoms with Crippen LogP contribution in [0.3, 0.4) is 0 Å². The molecule has 2 atom stereocenters. The molecule has 0 aliphatic rings. The molecule has 0 radical (unpaired) electrons. The standard InChI is InChI=1S/C19H20ClN3O2S/c1-12(19-22-15-6-4-5-7-17(15)26-19)23(2)11-18(24)21-13-8-9-16(25-3)14(20)10-13/h4-10,12H,11H2,1-3H3,(H,21,24)/p+1/t12-/m0/s1. The van der Waals surface area contributed by atoms with Gasteiger partial charge in [-0.25, -0.2) is 4.98 Å². The lowest BCUT2D eigenvalue weighted by Gasteiger charge is -2.19. The van der Waals surface area contributed by atoms with Gasteiger partial charge >= 0.3 is 0 Å². The molecule has 136 valence electrons. The van der Waals surface area contributed by atoms with E-state index in [-0.39, 0.29) is 11.9 Å². The summed E-state index contributed by atoms with van der Waals surface area (Å²) in [7, 11) is 3.55. The Balaban J connectivity index is 1.63. The third-order valence-corrected chi connectivity index (χ3v) is 5.81. The van der Waals surface area contributed by atoms with Gasteiger partial charge in [-0.2, -0.15) is 0 Å². The Morgan fingerprint density at radius 3 is 2.81 bits per heavy atom. The average molecular weight is 391 g/mol. The van der Waals surface area contributed by atoms with Crippen molar-refractivity contribution in [2.24, 2.45) is 0 Å². The maximum absolute atomic E-state index is 12.4. The Labute approximate surface area is 161 Å². The first kappa shape index (κ1) is 18.6. The fraction of sp³-hybridized carbons (Fsp3) is 0.263. The molecular weight excluding hydrogens is 370 g/mol. The van der Waals surface area contributed by atoms with Crippen molar-refractivity contribution in [1.82, 2.24) is 4.98 Å². The second-order valence-corrected chi connectivity index (χ2v) is 7.63. The van der Waals surface area contributed by atoms with Crippen LogP contribution >= 0.6 is 22.9 Å². The van der Waals surface area contributed by atoms with E-state index >= 15 is 0 Å². The molecule has 0 spiro atoms. The number of benzene rings is 2. The van der Waals surface area contributed by atoms with Crippen LogP contribution in [-0.2, 0) is 4.79 Å². The summed E-state index contributed by atoms with van der Waals surface area (Å²) in [5.74, 6) is 0.508. The normalized spacial score (nSPS) is 13.4. The summed E-state index contributed by atoms with van der Waals surface area (Å²) in [4.78, 5) is 18.1. The van der Waals surface area contributed by atoms with Gasteiger partial charge in [0.05, 0.1) is 29.4 Å². The van der Waals surface area contributed by atoms with Crippen molar-refractivity contribution in [2.75, 3.05) is 26.0 Å². The van der Waals surface area contributed by atoms with Gasteiger partial charge in [0.25, 0.3) is 5.91 Å². The first-order valence-electron chi connectivity index (χ1n) is 8.29. The Bertz CT molecular complexity index is 895. The summed E-state index contributed by atoms with van der Waals surface area (Å²) in [6.07, 6.45) is 0. The predicted molar refractivity (Wildman–Crippen MR) is 106 cm³/mol. The molecule has 26 heavy (non-hydrogen) atoms. The van der Waals surface area contributed by atoms with Crippen molar-refractivity contribution in [1.29, 1.82) is 0 Å². The van der Waals surface area contributed by atoms with Gasteiger partial charge in [0, 0.05) is 5.69 Å². The average Bonchev–Trinajstić information content (AvgIpc) is 3.05. The van der Waals surface area contributed by atoms with Gasteiger partial charge in [-0.1, -0.05) is 23.7 Å². The number of ether oxygens (including phenoxy) is 1. The van der Waals surface area contributed by atoms with Crippen LogP contribution < -0.4 is 15.0 Å². The van der Waals surface area contributed by atoms with Gasteiger partial charge in [0.2, 0.25) is 0 Å². The molecule has 5 nitrogen and oxygen atoms in total. The van der Waals surface area contributed by atoms with Crippen molar-refractivity contribution in [3.63, 3.8) is 0 Å². The Morgan fingerprint density at radius 2 is 2.12 bits per heavy atom. The molecule has 0 aliphatic heterocycles. The number of carbonyl (C=O) groups is 1. The number of nitrogens with one attached hydrogen (secondary N) is 2. The molecule has 0 fully saturated rings. The lowest BCUT2D eigenvalue weighted by atomic mass is 10.2. The van der Waals surface area contributed by atoms with E-state index in [4.69, 9.17) is 21.3 Å². The number of hydrogen-bond donors (Lipinski definition) is 2. The third-order valence-electron chi connectivity index (χ3n) is 4.29. The largest absolute Gasteiger partial charge is 0.495 e. The van der Waals surface area contributed by atoms with E-state index in [0.29, 0.717) is 23.0 Å². The zero-order chi connectivity index (χ0) is 18.7. The Hall–Kier alpha value is -2.15. The van der Waals surface area contributed by atoms with Crippen LogP contribution in [0.1, 0.15) is 18.0 Å². The number of aromatic nitrogens is 1. The summed E-state index contributed by atoms with van der Waals surface area (Å²) < 4.78 is 6.29. The predicted octanol–water partition coefficient (Wildman–Crippen LogP) is 3.17. The zero-order valence-electron chi connectivity index (χ0n) is 14.9. The first-order valence-corrected chi connectivity index (χ1v) is 9.48. The van der Waals surface area contributed by atoms with Gasteiger partial charge in [0.1, 0.15) is 11.8 Å². The van der Waals surface area contributed by atoms with Gasteiger partial charge < -0.3 is 15.0 Å². The second kappa shape index (κ2) is 8.03. The van der Waals surface area contributed by atoms with Crippen molar-refractivity contribution in [3.8, 4) is 5.75 Å². The Kier molecular flexibility index (Phi) is 5.76. The summed E-state index contributed by atoms with van der Waals surface area (Å²) in [6, 6.07) is 13.4. The van der Waals surface area contributed by atoms with Crippen molar-refractivity contribution < 1.29 is 14.4 Å². The minimum absolute atomic E-state index is 0.0725. The van der Waals surface area contributed by atoms with E-state index in [1.807, 2.05) is 25.2 Å². The highest BCUT2D eigenvalue weighted by Crippen LogP contribution is 2.27. The number of thiazole rings is 1. The minimum Gasteiger partial charge on any atom is -0.495 e. The summed E-state index contributed by atoms with van der Waals surface area (Å²) >= 11 is 7.78. The van der Waals surface area contributed by atoms with E-state index in [2.05, 4.69) is 18.3 Å². The van der Waals surface area contributed by atoms with Crippen LogP contribution in [0.15, 0.2) is 42.5 Å². The lowest BCUT2D eigenvalue weighted by molar-refractivity contribution is -0.902. The van der Waals surface area contributed by atoms with Gasteiger partial charge in [-0.05, 0) is 37.3 Å². The van der Waals surface area contributed by atoms with E-state index in [9.17, 15) is 4.79 Å². The van der Waals surface area contributed by atoms with Crippen molar-refractivity contribution >= 4 is 44.7 Å². The maximum atomic E-state index is 12.4. The smallest absolute Gasteiger partial charge is 0.279 e. The molecule has 0 bridgehead atoms. The summed E-state index contributed by atoms with van der Waals surface area (Å²) in [6.45, 7) is 2.42. The molecule has 0 saturated carbocycles. The first-order chi connectivity index (χ1) is 12.5. The highest BCUT2D eigenvalue weighted by Gasteiger charge is 2.22. The maximum Gasteiger partial charge on any atom is 0.279 e. The van der Waals surface area contributed by atoms with Crippen LogP contribution in [0, 0.1) is 0 Å². The number of nitrogens with zero attached hydrogens (tertiary/aromatic N) is 1. The number of quaternary nitrogens is 1. The molecule has 0 saturated heterocycles. The van der Waals surface area contributed by atoms with Crippen LogP contribution in [0.4, 0.5) is 5.69 Å². The number of amides is 1. The third kappa shape index (κ3) is 4.15. The molecule has 1 heterocycles. The van der Waals surface area contributed by atoms with Crippen LogP contribution in [0.2, 0.25) is 5.02 Å². The quantitative estimate of drug-likeness (QED) is 0.679. The highest BCUT2D eigenvalue weighted by atomic mass is 35.5. The molecular formula is C19H21ClN3O2S+. The topological polar surface area (TPSA) is 55.7 Å². The van der Waals surface area contributed by atoms with E-state index in [1.54, 1.807) is 36.6 Å². The SMILES string of the molecule is COc1ccc(NC(=O)C[NH+](C)[C@@H](C)c2nc3ccccc3s2)cc1Cl. The molecule has 3 rings (SSSR count). The van der Waals surface area contributed by atoms with Crippen molar-refractivity contribution in [3.05, 3.63) is 52.5 Å². The highest BCUT2D eigenvalue weighted by molar-refractivity contribution is 7.18. The molecule has 1 aromatic heterocycles. The van der Waals surface area contributed by atoms with Gasteiger partial charge in [-0.15, -0.1) is 11.3 Å². The number of methoxy groups -OCH3 is 1. The van der Waals surface area contributed by atoms with Crippen LogP contribution in [0.25, 0.3) is 10.2 Å². The molecule has 3 aromatic rings. The monoisotopic (exact) mass is 390 g/mol. The fourth-order valence-electron chi connectivity index (χ4n) is 2.64. The van der Waals surface area contributed by atoms with E-state index < -0.39 is 0 Å². The number of para-hydroxylation sites is 1. The molecule has 2 N–H and O–H groups in total. The number of rotatable bonds is 6. The molecule has 0 aliphatic carbocycles. The molecule has 1 unspecified atom stereocenters. The van der Waals surface area contributed by atoms with Crippen LogP contribution in [-0.4, -0.2) is 31.6 Å². The number of likely N-dealkylation sites (N-methyl/N-ethyl adjacent to an activating group) is 1. The van der Waals surface area contributed by atoms with E-state index in [0.717, 1.165) is 15.4 Å². The second-order valence-electron chi connectivity index (χ2n) is 6.16. The molecule has 7 heteroatoms. The minimum atomic E-state index is -0.0725. The van der Waals surface area contributed by atoms with E-state index in [1.165, 1.54) is 4.70 Å². The van der Waals surface area contributed by atoms with Crippen molar-refractivity contribution in [2.45, 2.75) is 13.0 Å².